The number of carbonyl (C=O) groups excluding carboxylic acids is 1. The first kappa shape index (κ1) is 23.2. The van der Waals surface area contributed by atoms with Gasteiger partial charge in [-0.2, -0.15) is 4.31 Å². The zero-order valence-corrected chi connectivity index (χ0v) is 19.2. The van der Waals surface area contributed by atoms with Crippen LogP contribution in [0.3, 0.4) is 0 Å². The van der Waals surface area contributed by atoms with E-state index >= 15 is 0 Å². The number of sulfonamides is 1. The second-order valence-corrected chi connectivity index (χ2v) is 9.88. The summed E-state index contributed by atoms with van der Waals surface area (Å²) in [6.07, 6.45) is 5.82. The van der Waals surface area contributed by atoms with E-state index in [1.807, 2.05) is 13.0 Å². The molecule has 0 radical (unpaired) electrons. The molecule has 0 aliphatic heterocycles. The van der Waals surface area contributed by atoms with Crippen LogP contribution in [0.4, 0.5) is 0 Å². The van der Waals surface area contributed by atoms with Crippen LogP contribution in [0.25, 0.3) is 0 Å². The lowest BCUT2D eigenvalue weighted by molar-refractivity contribution is -0.122. The van der Waals surface area contributed by atoms with Crippen molar-refractivity contribution in [2.75, 3.05) is 13.1 Å². The van der Waals surface area contributed by atoms with E-state index in [1.54, 1.807) is 13.8 Å². The van der Waals surface area contributed by atoms with Crippen molar-refractivity contribution in [1.29, 1.82) is 0 Å². The van der Waals surface area contributed by atoms with E-state index in [2.05, 4.69) is 17.4 Å². The molecule has 0 fully saturated rings. The summed E-state index contributed by atoms with van der Waals surface area (Å²) in [7, 11) is -3.71. The number of amides is 1. The number of fused-ring (bicyclic) bond motifs is 1. The summed E-state index contributed by atoms with van der Waals surface area (Å²) in [5.74, 6) is -0.343. The van der Waals surface area contributed by atoms with Crippen LogP contribution in [0, 0.1) is 0 Å². The minimum Gasteiger partial charge on any atom is -0.348 e. The molecule has 0 bridgehead atoms. The van der Waals surface area contributed by atoms with Gasteiger partial charge >= 0.3 is 0 Å². The smallest absolute Gasteiger partial charge is 0.251 e. The number of hydrogen-bond acceptors (Lipinski definition) is 4. The van der Waals surface area contributed by atoms with Crippen LogP contribution in [0.15, 0.2) is 46.2 Å². The summed E-state index contributed by atoms with van der Waals surface area (Å²) in [5.41, 5.74) is 3.33. The monoisotopic (exact) mass is 445 g/mol. The van der Waals surface area contributed by atoms with E-state index in [-0.39, 0.29) is 23.4 Å². The van der Waals surface area contributed by atoms with Crippen LogP contribution in [0.2, 0.25) is 0 Å². The van der Waals surface area contributed by atoms with Crippen LogP contribution in [0.1, 0.15) is 56.3 Å². The molecule has 0 spiro atoms. The highest BCUT2D eigenvalue weighted by molar-refractivity contribution is 7.89. The van der Waals surface area contributed by atoms with Crippen LogP contribution in [-0.2, 0) is 34.2 Å². The number of nitrogens with zero attached hydrogens (tertiary/aromatic N) is 2. The highest BCUT2D eigenvalue weighted by Gasteiger charge is 2.23. The molecule has 168 valence electrons. The van der Waals surface area contributed by atoms with E-state index < -0.39 is 15.6 Å². The number of rotatable bonds is 8. The third-order valence-corrected chi connectivity index (χ3v) is 7.90. The molecule has 2 aromatic rings. The van der Waals surface area contributed by atoms with Crippen molar-refractivity contribution < 1.29 is 13.2 Å². The highest BCUT2D eigenvalue weighted by Crippen LogP contribution is 2.24. The molecule has 3 rings (SSSR count). The molecule has 0 unspecified atom stereocenters. The van der Waals surface area contributed by atoms with E-state index in [0.717, 1.165) is 23.0 Å². The zero-order chi connectivity index (χ0) is 22.6. The van der Waals surface area contributed by atoms with Crippen LogP contribution in [-0.4, -0.2) is 36.3 Å². The number of pyridine rings is 1. The Morgan fingerprint density at radius 2 is 1.77 bits per heavy atom. The van der Waals surface area contributed by atoms with E-state index in [1.165, 1.54) is 46.6 Å². The number of aryl methyl sites for hydroxylation is 2. The maximum atomic E-state index is 12.7. The number of aromatic nitrogens is 1. The van der Waals surface area contributed by atoms with E-state index in [4.69, 9.17) is 0 Å². The summed E-state index contributed by atoms with van der Waals surface area (Å²) in [5, 5.41) is 2.92. The molecule has 31 heavy (non-hydrogen) atoms. The predicted octanol–water partition coefficient (Wildman–Crippen LogP) is 2.64. The maximum Gasteiger partial charge on any atom is 0.251 e. The van der Waals surface area contributed by atoms with Gasteiger partial charge < -0.3 is 9.88 Å². The number of nitrogens with one attached hydrogen (secondary N) is 1. The van der Waals surface area contributed by atoms with Crippen molar-refractivity contribution in [3.63, 3.8) is 0 Å². The molecule has 1 aliphatic carbocycles. The minimum absolute atomic E-state index is 0.00587. The first-order chi connectivity index (χ1) is 14.8. The van der Waals surface area contributed by atoms with Gasteiger partial charge in [0.25, 0.3) is 5.56 Å². The fourth-order valence-electron chi connectivity index (χ4n) is 4.05. The van der Waals surface area contributed by atoms with Crippen molar-refractivity contribution in [1.82, 2.24) is 14.2 Å². The third-order valence-electron chi connectivity index (χ3n) is 5.86. The summed E-state index contributed by atoms with van der Waals surface area (Å²) in [6.45, 7) is 5.84. The first-order valence-corrected chi connectivity index (χ1v) is 12.3. The summed E-state index contributed by atoms with van der Waals surface area (Å²) in [6, 6.07) is 8.61. The Kier molecular flexibility index (Phi) is 7.33. The average molecular weight is 446 g/mol. The molecule has 7 nitrogen and oxygen atoms in total. The lowest BCUT2D eigenvalue weighted by atomic mass is 9.89. The molecule has 1 aromatic carbocycles. The van der Waals surface area contributed by atoms with Gasteiger partial charge in [-0.3, -0.25) is 9.59 Å². The number of hydrogen-bond donors (Lipinski definition) is 1. The van der Waals surface area contributed by atoms with Crippen molar-refractivity contribution >= 4 is 15.9 Å². The lowest BCUT2D eigenvalue weighted by Gasteiger charge is -2.20. The number of benzene rings is 1. The lowest BCUT2D eigenvalue weighted by Crippen LogP contribution is -2.35. The third kappa shape index (κ3) is 5.25. The van der Waals surface area contributed by atoms with Crippen molar-refractivity contribution in [2.45, 2.75) is 63.9 Å². The molecular formula is C23H31N3O4S. The van der Waals surface area contributed by atoms with Crippen LogP contribution < -0.4 is 10.9 Å². The molecule has 1 atom stereocenters. The molecule has 0 saturated carbocycles. The fourth-order valence-corrected chi connectivity index (χ4v) is 5.52. The van der Waals surface area contributed by atoms with Crippen molar-refractivity contribution in [3.8, 4) is 0 Å². The fraction of sp³-hybridized carbons (Fsp3) is 0.478. The Hall–Kier alpha value is -2.45. The topological polar surface area (TPSA) is 88.5 Å². The van der Waals surface area contributed by atoms with Crippen LogP contribution in [0.5, 0.6) is 0 Å². The Balaban J connectivity index is 1.74. The summed E-state index contributed by atoms with van der Waals surface area (Å²) in [4.78, 5) is 24.9. The van der Waals surface area contributed by atoms with Gasteiger partial charge in [0.2, 0.25) is 15.9 Å². The van der Waals surface area contributed by atoms with Gasteiger partial charge in [0.05, 0.1) is 10.9 Å². The zero-order valence-electron chi connectivity index (χ0n) is 18.4. The molecule has 1 heterocycles. The molecule has 0 saturated heterocycles. The van der Waals surface area contributed by atoms with Gasteiger partial charge in [-0.25, -0.2) is 8.42 Å². The SMILES string of the molecule is CCN(CC)S(=O)(=O)c1ccc(=O)n(CC(=O)N[C@@H](C)c2ccc3c(c2)CCCC3)c1. The van der Waals surface area contributed by atoms with Gasteiger partial charge in [-0.15, -0.1) is 0 Å². The molecular weight excluding hydrogens is 414 g/mol. The highest BCUT2D eigenvalue weighted by atomic mass is 32.2. The Labute approximate surface area is 184 Å². The Morgan fingerprint density at radius 1 is 1.10 bits per heavy atom. The summed E-state index contributed by atoms with van der Waals surface area (Å²) >= 11 is 0. The molecule has 8 heteroatoms. The molecule has 1 N–H and O–H groups in total. The summed E-state index contributed by atoms with van der Waals surface area (Å²) < 4.78 is 27.9. The van der Waals surface area contributed by atoms with Gasteiger partial charge in [0.15, 0.2) is 0 Å². The van der Waals surface area contributed by atoms with Crippen molar-refractivity contribution in [3.05, 3.63) is 63.6 Å². The molecule has 1 amide bonds. The van der Waals surface area contributed by atoms with Gasteiger partial charge in [-0.05, 0) is 55.4 Å². The number of carbonyl (C=O) groups is 1. The van der Waals surface area contributed by atoms with Gasteiger partial charge in [-0.1, -0.05) is 32.0 Å². The Bertz CT molecular complexity index is 1100. The molecule has 1 aliphatic rings. The standard InChI is InChI=1S/C23H31N3O4S/c1-4-26(5-2)31(29,30)21-12-13-23(28)25(15-21)16-22(27)24-17(3)19-11-10-18-8-6-7-9-20(18)14-19/h10-15,17H,4-9,16H2,1-3H3,(H,24,27)/t17-/m0/s1. The Morgan fingerprint density at radius 3 is 2.45 bits per heavy atom. The normalized spacial score (nSPS) is 14.8. The van der Waals surface area contributed by atoms with E-state index in [0.29, 0.717) is 13.1 Å². The minimum atomic E-state index is -3.71. The maximum absolute atomic E-state index is 12.7. The molecule has 1 aromatic heterocycles. The van der Waals surface area contributed by atoms with Crippen molar-refractivity contribution in [2.24, 2.45) is 0 Å². The van der Waals surface area contributed by atoms with Gasteiger partial charge in [0, 0.05) is 25.4 Å². The van der Waals surface area contributed by atoms with Crippen LogP contribution >= 0.6 is 0 Å². The van der Waals surface area contributed by atoms with E-state index in [9.17, 15) is 18.0 Å². The predicted molar refractivity (Wildman–Crippen MR) is 120 cm³/mol. The first-order valence-electron chi connectivity index (χ1n) is 10.9. The van der Waals surface area contributed by atoms with Gasteiger partial charge in [0.1, 0.15) is 6.54 Å². The average Bonchev–Trinajstić information content (AvgIpc) is 2.75. The quantitative estimate of drug-likeness (QED) is 0.677. The second kappa shape index (κ2) is 9.78. The second-order valence-electron chi connectivity index (χ2n) is 7.94. The largest absolute Gasteiger partial charge is 0.348 e.